The molecule has 0 saturated carbocycles. The number of hydrogen-bond donors (Lipinski definition) is 3. The minimum absolute atomic E-state index is 0.0401. The number of carbonyl (C=O) groups excluding carboxylic acids is 1. The molecule has 1 amide bonds. The third-order valence-corrected chi connectivity index (χ3v) is 0.767. The van der Waals surface area contributed by atoms with E-state index in [4.69, 9.17) is 11.5 Å². The second-order valence-electron chi connectivity index (χ2n) is 1.53. The first-order valence-corrected chi connectivity index (χ1v) is 2.58. The van der Waals surface area contributed by atoms with Gasteiger partial charge in [0.1, 0.15) is 0 Å². The molecular formula is C5H11N3O. The van der Waals surface area contributed by atoms with E-state index in [2.05, 4.69) is 11.9 Å². The Balaban J connectivity index is 3.46. The van der Waals surface area contributed by atoms with Crippen LogP contribution in [0.2, 0.25) is 0 Å². The molecule has 1 atom stereocenters. The number of nitrogens with one attached hydrogen (secondary N) is 1. The Kier molecular flexibility index (Phi) is 3.66. The van der Waals surface area contributed by atoms with E-state index in [1.165, 1.54) is 6.08 Å². The van der Waals surface area contributed by atoms with Gasteiger partial charge in [0.05, 0.1) is 12.7 Å². The molecule has 0 rings (SSSR count). The summed E-state index contributed by atoms with van der Waals surface area (Å²) >= 11 is 0. The first-order valence-electron chi connectivity index (χ1n) is 2.58. The number of nitrogens with two attached hydrogens (primary N) is 2. The first-order chi connectivity index (χ1) is 4.20. The number of carbonyl (C=O) groups is 1. The van der Waals surface area contributed by atoms with Crippen molar-refractivity contribution in [1.82, 2.24) is 5.32 Å². The molecule has 0 bridgehead atoms. The molecule has 0 aromatic heterocycles. The van der Waals surface area contributed by atoms with Crippen LogP contribution in [0.25, 0.3) is 0 Å². The lowest BCUT2D eigenvalue weighted by molar-refractivity contribution is -0.120. The second kappa shape index (κ2) is 4.05. The van der Waals surface area contributed by atoms with Crippen LogP contribution in [-0.2, 0) is 4.79 Å². The average molecular weight is 129 g/mol. The Labute approximate surface area is 53.9 Å². The van der Waals surface area contributed by atoms with Crippen LogP contribution in [0.4, 0.5) is 0 Å². The van der Waals surface area contributed by atoms with Crippen LogP contribution in [-0.4, -0.2) is 18.6 Å². The van der Waals surface area contributed by atoms with Gasteiger partial charge >= 0.3 is 0 Å². The van der Waals surface area contributed by atoms with Crippen molar-refractivity contribution < 1.29 is 4.79 Å². The highest BCUT2D eigenvalue weighted by atomic mass is 16.1. The second-order valence-corrected chi connectivity index (χ2v) is 1.53. The van der Waals surface area contributed by atoms with Crippen LogP contribution < -0.4 is 16.8 Å². The highest BCUT2D eigenvalue weighted by Gasteiger charge is 1.98. The fourth-order valence-corrected chi connectivity index (χ4v) is 0.304. The zero-order chi connectivity index (χ0) is 7.28. The number of amides is 1. The fraction of sp³-hybridized carbons (Fsp3) is 0.400. The van der Waals surface area contributed by atoms with Crippen molar-refractivity contribution in [3.8, 4) is 0 Å². The first kappa shape index (κ1) is 8.13. The summed E-state index contributed by atoms with van der Waals surface area (Å²) in [4.78, 5) is 10.4. The Bertz CT molecular complexity index is 113. The summed E-state index contributed by atoms with van der Waals surface area (Å²) in [7, 11) is 0. The van der Waals surface area contributed by atoms with Gasteiger partial charge in [0.2, 0.25) is 5.91 Å². The summed E-state index contributed by atoms with van der Waals surface area (Å²) in [5.41, 5.74) is 10.2. The molecule has 4 heteroatoms. The summed E-state index contributed by atoms with van der Waals surface area (Å²) in [6.45, 7) is 3.33. The van der Waals surface area contributed by atoms with Gasteiger partial charge in [0.25, 0.3) is 0 Å². The predicted octanol–water partition coefficient (Wildman–Crippen LogP) is -1.47. The summed E-state index contributed by atoms with van der Waals surface area (Å²) in [6.07, 6.45) is 0.939. The Morgan fingerprint density at radius 1 is 1.89 bits per heavy atom. The molecule has 0 spiro atoms. The van der Waals surface area contributed by atoms with Crippen molar-refractivity contribution in [3.05, 3.63) is 12.7 Å². The molecule has 0 aliphatic rings. The minimum Gasteiger partial charge on any atom is -0.336 e. The quantitative estimate of drug-likeness (QED) is 0.321. The molecule has 5 N–H and O–H groups in total. The molecule has 0 aliphatic heterocycles. The van der Waals surface area contributed by atoms with Gasteiger partial charge in [0, 0.05) is 0 Å². The normalized spacial score (nSPS) is 12.2. The zero-order valence-corrected chi connectivity index (χ0v) is 5.13. The lowest BCUT2D eigenvalue weighted by Gasteiger charge is -2.06. The highest BCUT2D eigenvalue weighted by molar-refractivity contribution is 5.78. The van der Waals surface area contributed by atoms with E-state index in [0.717, 1.165) is 0 Å². The molecule has 0 aromatic carbocycles. The number of hydrogen-bond acceptors (Lipinski definition) is 3. The van der Waals surface area contributed by atoms with Gasteiger partial charge in [-0.3, -0.25) is 4.79 Å². The molecule has 0 saturated heterocycles. The lowest BCUT2D eigenvalue weighted by atomic mass is 10.5. The van der Waals surface area contributed by atoms with Crippen LogP contribution in [0.5, 0.6) is 0 Å². The predicted molar refractivity (Wildman–Crippen MR) is 35.4 cm³/mol. The lowest BCUT2D eigenvalue weighted by Crippen LogP contribution is -2.42. The average Bonchev–Trinajstić information content (AvgIpc) is 1.87. The fourth-order valence-electron chi connectivity index (χ4n) is 0.304. The van der Waals surface area contributed by atoms with Gasteiger partial charge in [0.15, 0.2) is 0 Å². The van der Waals surface area contributed by atoms with Gasteiger partial charge < -0.3 is 16.8 Å². The van der Waals surface area contributed by atoms with Gasteiger partial charge in [-0.25, -0.2) is 0 Å². The summed E-state index contributed by atoms with van der Waals surface area (Å²) < 4.78 is 0. The van der Waals surface area contributed by atoms with Crippen molar-refractivity contribution in [2.24, 2.45) is 11.5 Å². The molecular weight excluding hydrogens is 118 g/mol. The van der Waals surface area contributed by atoms with Crippen molar-refractivity contribution in [2.45, 2.75) is 6.17 Å². The molecule has 52 valence electrons. The maximum atomic E-state index is 10.4. The molecule has 0 radical (unpaired) electrons. The van der Waals surface area contributed by atoms with Crippen LogP contribution in [0.1, 0.15) is 0 Å². The van der Waals surface area contributed by atoms with Crippen LogP contribution >= 0.6 is 0 Å². The van der Waals surface area contributed by atoms with E-state index in [9.17, 15) is 4.79 Å². The molecule has 9 heavy (non-hydrogen) atoms. The SMILES string of the molecule is C=CC(N)NC(=O)CN. The van der Waals surface area contributed by atoms with E-state index in [-0.39, 0.29) is 12.5 Å². The molecule has 1 unspecified atom stereocenters. The van der Waals surface area contributed by atoms with E-state index in [0.29, 0.717) is 0 Å². The maximum absolute atomic E-state index is 10.4. The third-order valence-electron chi connectivity index (χ3n) is 0.767. The van der Waals surface area contributed by atoms with Gasteiger partial charge in [-0.15, -0.1) is 0 Å². The molecule has 0 fully saturated rings. The van der Waals surface area contributed by atoms with Crippen LogP contribution in [0.3, 0.4) is 0 Å². The molecule has 4 nitrogen and oxygen atoms in total. The zero-order valence-electron chi connectivity index (χ0n) is 5.13. The topological polar surface area (TPSA) is 81.1 Å². The van der Waals surface area contributed by atoms with E-state index < -0.39 is 6.17 Å². The van der Waals surface area contributed by atoms with Crippen molar-refractivity contribution >= 4 is 5.91 Å². The van der Waals surface area contributed by atoms with E-state index >= 15 is 0 Å². The Morgan fingerprint density at radius 3 is 2.78 bits per heavy atom. The van der Waals surface area contributed by atoms with Crippen LogP contribution in [0, 0.1) is 0 Å². The van der Waals surface area contributed by atoms with E-state index in [1.54, 1.807) is 0 Å². The Morgan fingerprint density at radius 2 is 2.44 bits per heavy atom. The van der Waals surface area contributed by atoms with Crippen molar-refractivity contribution in [3.63, 3.8) is 0 Å². The molecule has 0 heterocycles. The summed E-state index contributed by atoms with van der Waals surface area (Å²) in [5.74, 6) is -0.276. The van der Waals surface area contributed by atoms with Gasteiger partial charge in [-0.05, 0) is 0 Å². The monoisotopic (exact) mass is 129 g/mol. The van der Waals surface area contributed by atoms with Gasteiger partial charge in [-0.2, -0.15) is 0 Å². The standard InChI is InChI=1S/C5H11N3O/c1-2-4(7)8-5(9)3-6/h2,4H,1,3,6-7H2,(H,8,9). The van der Waals surface area contributed by atoms with E-state index in [1.807, 2.05) is 0 Å². The van der Waals surface area contributed by atoms with Crippen molar-refractivity contribution in [2.75, 3.05) is 6.54 Å². The summed E-state index contributed by atoms with van der Waals surface area (Å²) in [6, 6.07) is 0. The molecule has 0 aliphatic carbocycles. The molecule has 0 aromatic rings. The van der Waals surface area contributed by atoms with Crippen molar-refractivity contribution in [1.29, 1.82) is 0 Å². The maximum Gasteiger partial charge on any atom is 0.235 e. The summed E-state index contributed by atoms with van der Waals surface area (Å²) in [5, 5.41) is 2.38. The Hall–Kier alpha value is -0.870. The number of rotatable bonds is 3. The van der Waals surface area contributed by atoms with Gasteiger partial charge in [-0.1, -0.05) is 12.7 Å². The third kappa shape index (κ3) is 3.69. The van der Waals surface area contributed by atoms with Crippen LogP contribution in [0.15, 0.2) is 12.7 Å². The highest BCUT2D eigenvalue weighted by Crippen LogP contribution is 1.69. The smallest absolute Gasteiger partial charge is 0.235 e. The minimum atomic E-state index is -0.485. The largest absolute Gasteiger partial charge is 0.336 e.